The van der Waals surface area contributed by atoms with Crippen LogP contribution in [0.3, 0.4) is 0 Å². The van der Waals surface area contributed by atoms with Crippen molar-refractivity contribution >= 4 is 22.5 Å². The quantitative estimate of drug-likeness (QED) is 0.260. The van der Waals surface area contributed by atoms with E-state index in [2.05, 4.69) is 25.8 Å². The number of halogens is 4. The van der Waals surface area contributed by atoms with E-state index in [1.165, 1.54) is 0 Å². The minimum atomic E-state index is -4.52. The van der Waals surface area contributed by atoms with Crippen LogP contribution in [0.1, 0.15) is 49.3 Å². The number of aromatic amines is 1. The number of hydrogen-bond acceptors (Lipinski definition) is 6. The minimum Gasteiger partial charge on any atom is -0.379 e. The molecule has 13 heteroatoms. The van der Waals surface area contributed by atoms with Gasteiger partial charge in [-0.05, 0) is 43.8 Å². The number of nitrogens with one attached hydrogen (secondary N) is 3. The molecule has 0 spiro atoms. The Bertz CT molecular complexity index is 1530. The number of benzene rings is 1. The van der Waals surface area contributed by atoms with Gasteiger partial charge >= 0.3 is 6.18 Å². The van der Waals surface area contributed by atoms with E-state index >= 15 is 0 Å². The summed E-state index contributed by atoms with van der Waals surface area (Å²) in [5.74, 6) is -0.412. The molecule has 1 fully saturated rings. The zero-order valence-corrected chi connectivity index (χ0v) is 23.3. The fourth-order valence-electron chi connectivity index (χ4n) is 5.01. The van der Waals surface area contributed by atoms with E-state index in [0.717, 1.165) is 10.3 Å². The molecule has 0 saturated carbocycles. The summed E-state index contributed by atoms with van der Waals surface area (Å²) in [7, 11) is 1.85. The predicted octanol–water partition coefficient (Wildman–Crippen LogP) is 5.26. The Morgan fingerprint density at radius 2 is 1.98 bits per heavy atom. The number of aromatic nitrogens is 4. The third-order valence-electron chi connectivity index (χ3n) is 7.20. The first-order chi connectivity index (χ1) is 19.3. The number of likely N-dealkylation sites (tertiary alicyclic amines) is 1. The monoisotopic (exact) mass is 575 g/mol. The SMILES string of the molecule is CN1CC[C@@H](Nc2cccc3c2cc(-c2noc(CNC(=O)c4ccc(C(C)(C)C)[nH]4)n2)n3CC(F)(F)F)[C@@H](F)C1. The Kier molecular flexibility index (Phi) is 7.58. The molecule has 0 bridgehead atoms. The zero-order valence-electron chi connectivity index (χ0n) is 23.3. The van der Waals surface area contributed by atoms with Crippen LogP contribution < -0.4 is 10.6 Å². The Hall–Kier alpha value is -3.87. The summed E-state index contributed by atoms with van der Waals surface area (Å²) in [5.41, 5.74) is 2.01. The number of rotatable bonds is 7. The number of anilines is 1. The third-order valence-corrected chi connectivity index (χ3v) is 7.20. The summed E-state index contributed by atoms with van der Waals surface area (Å²) < 4.78 is 62.0. The molecule has 3 aromatic heterocycles. The summed E-state index contributed by atoms with van der Waals surface area (Å²) in [6.45, 7) is 5.64. The molecule has 1 aromatic carbocycles. The number of amides is 1. The molecule has 3 N–H and O–H groups in total. The molecule has 1 saturated heterocycles. The van der Waals surface area contributed by atoms with Crippen molar-refractivity contribution in [3.05, 3.63) is 53.7 Å². The van der Waals surface area contributed by atoms with Crippen LogP contribution in [-0.2, 0) is 18.5 Å². The molecule has 1 amide bonds. The normalized spacial score (nSPS) is 18.6. The third kappa shape index (κ3) is 6.39. The van der Waals surface area contributed by atoms with Gasteiger partial charge < -0.3 is 29.6 Å². The Labute approximate surface area is 234 Å². The second kappa shape index (κ2) is 10.8. The molecule has 0 unspecified atom stereocenters. The van der Waals surface area contributed by atoms with Gasteiger partial charge in [-0.2, -0.15) is 18.2 Å². The van der Waals surface area contributed by atoms with Crippen molar-refractivity contribution in [1.82, 2.24) is 29.9 Å². The van der Waals surface area contributed by atoms with Gasteiger partial charge in [0.2, 0.25) is 11.7 Å². The van der Waals surface area contributed by atoms with Gasteiger partial charge in [0.1, 0.15) is 18.4 Å². The molecule has 41 heavy (non-hydrogen) atoms. The standard InChI is InChI=1S/C28H33F4N7O2/c1-27(2,3)23-9-8-20(35-23)26(40)33-13-24-36-25(37-41-24)22-12-16-18(34-19-10-11-38(4)14-17(19)29)6-5-7-21(16)39(22)15-28(30,31)32/h5-9,12,17,19,34-35H,10-11,13-15H2,1-4H3,(H,33,40)/t17-,19+/m0/s1. The summed E-state index contributed by atoms with van der Waals surface area (Å²) >= 11 is 0. The summed E-state index contributed by atoms with van der Waals surface area (Å²) in [6, 6.07) is 9.51. The molecule has 1 aliphatic rings. The maximum absolute atomic E-state index is 14.7. The highest BCUT2D eigenvalue weighted by molar-refractivity contribution is 5.96. The number of fused-ring (bicyclic) bond motifs is 1. The summed E-state index contributed by atoms with van der Waals surface area (Å²) in [6.07, 6.45) is -5.09. The fourth-order valence-corrected chi connectivity index (χ4v) is 5.01. The van der Waals surface area contributed by atoms with E-state index in [9.17, 15) is 22.4 Å². The number of alkyl halides is 4. The molecule has 4 aromatic rings. The van der Waals surface area contributed by atoms with Crippen molar-refractivity contribution in [3.63, 3.8) is 0 Å². The number of piperidine rings is 1. The van der Waals surface area contributed by atoms with Crippen molar-refractivity contribution in [1.29, 1.82) is 0 Å². The van der Waals surface area contributed by atoms with E-state index in [4.69, 9.17) is 4.52 Å². The van der Waals surface area contributed by atoms with Crippen molar-refractivity contribution in [2.45, 2.75) is 64.1 Å². The number of nitrogens with zero attached hydrogens (tertiary/aromatic N) is 4. The smallest absolute Gasteiger partial charge is 0.379 e. The van der Waals surface area contributed by atoms with Gasteiger partial charge in [-0.1, -0.05) is 32.0 Å². The molecule has 9 nitrogen and oxygen atoms in total. The first-order valence-corrected chi connectivity index (χ1v) is 13.4. The maximum atomic E-state index is 14.7. The van der Waals surface area contributed by atoms with Gasteiger partial charge in [-0.3, -0.25) is 4.79 Å². The fraction of sp³-hybridized carbons (Fsp3) is 0.464. The van der Waals surface area contributed by atoms with Crippen LogP contribution in [0.5, 0.6) is 0 Å². The highest BCUT2D eigenvalue weighted by atomic mass is 19.4. The number of hydrogen-bond donors (Lipinski definition) is 3. The van der Waals surface area contributed by atoms with Crippen molar-refractivity contribution in [3.8, 4) is 11.5 Å². The molecular weight excluding hydrogens is 542 g/mol. The van der Waals surface area contributed by atoms with Crippen molar-refractivity contribution in [2.24, 2.45) is 0 Å². The van der Waals surface area contributed by atoms with E-state index in [1.54, 1.807) is 30.3 Å². The van der Waals surface area contributed by atoms with Crippen molar-refractivity contribution in [2.75, 3.05) is 25.5 Å². The largest absolute Gasteiger partial charge is 0.406 e. The van der Waals surface area contributed by atoms with Crippen LogP contribution in [0.15, 0.2) is 40.9 Å². The lowest BCUT2D eigenvalue weighted by atomic mass is 9.93. The Balaban J connectivity index is 1.40. The minimum absolute atomic E-state index is 0.0321. The zero-order chi connectivity index (χ0) is 29.5. The molecule has 0 radical (unpaired) electrons. The number of H-pyrrole nitrogens is 1. The van der Waals surface area contributed by atoms with Gasteiger partial charge in [0, 0.05) is 35.3 Å². The summed E-state index contributed by atoms with van der Waals surface area (Å²) in [4.78, 5) is 21.9. The molecular formula is C28H33F4N7O2. The van der Waals surface area contributed by atoms with Crippen LogP contribution in [0.4, 0.5) is 23.2 Å². The van der Waals surface area contributed by atoms with E-state index in [-0.39, 0.29) is 41.8 Å². The van der Waals surface area contributed by atoms with E-state index < -0.39 is 24.9 Å². The summed E-state index contributed by atoms with van der Waals surface area (Å²) in [5, 5.41) is 10.3. The van der Waals surface area contributed by atoms with Gasteiger partial charge in [0.05, 0.1) is 23.8 Å². The van der Waals surface area contributed by atoms with E-state index in [1.807, 2.05) is 38.8 Å². The van der Waals surface area contributed by atoms with Crippen LogP contribution in [-0.4, -0.2) is 69.0 Å². The molecule has 1 aliphatic heterocycles. The molecule has 2 atom stereocenters. The van der Waals surface area contributed by atoms with Gasteiger partial charge in [-0.15, -0.1) is 0 Å². The topological polar surface area (TPSA) is 104 Å². The highest BCUT2D eigenvalue weighted by Gasteiger charge is 2.32. The average Bonchev–Trinajstić information content (AvgIpc) is 3.63. The second-order valence-electron chi connectivity index (χ2n) is 11.5. The maximum Gasteiger partial charge on any atom is 0.406 e. The molecule has 5 rings (SSSR count). The number of carbonyl (C=O) groups is 1. The van der Waals surface area contributed by atoms with Gasteiger partial charge in [-0.25, -0.2) is 4.39 Å². The number of carbonyl (C=O) groups excluding carboxylic acids is 1. The average molecular weight is 576 g/mol. The van der Waals surface area contributed by atoms with Crippen LogP contribution in [0, 0.1) is 0 Å². The lowest BCUT2D eigenvalue weighted by molar-refractivity contribution is -0.139. The lowest BCUT2D eigenvalue weighted by Crippen LogP contribution is -2.46. The van der Waals surface area contributed by atoms with Crippen LogP contribution >= 0.6 is 0 Å². The van der Waals surface area contributed by atoms with Gasteiger partial charge in [0.15, 0.2) is 0 Å². The van der Waals surface area contributed by atoms with E-state index in [0.29, 0.717) is 35.2 Å². The van der Waals surface area contributed by atoms with Crippen LogP contribution in [0.2, 0.25) is 0 Å². The van der Waals surface area contributed by atoms with Gasteiger partial charge in [0.25, 0.3) is 5.91 Å². The second-order valence-corrected chi connectivity index (χ2v) is 11.5. The Morgan fingerprint density at radius 1 is 1.20 bits per heavy atom. The first kappa shape index (κ1) is 28.7. The van der Waals surface area contributed by atoms with Crippen molar-refractivity contribution < 1.29 is 26.9 Å². The molecule has 0 aliphatic carbocycles. The Morgan fingerprint density at radius 3 is 2.66 bits per heavy atom. The van der Waals surface area contributed by atoms with Crippen LogP contribution in [0.25, 0.3) is 22.4 Å². The highest BCUT2D eigenvalue weighted by Crippen LogP contribution is 2.35. The lowest BCUT2D eigenvalue weighted by Gasteiger charge is -2.33. The molecule has 220 valence electrons. The predicted molar refractivity (Wildman–Crippen MR) is 146 cm³/mol. The molecule has 4 heterocycles. The first-order valence-electron chi connectivity index (χ1n) is 13.4.